The lowest BCUT2D eigenvalue weighted by Gasteiger charge is -2.19. The van der Waals surface area contributed by atoms with Gasteiger partial charge in [0.1, 0.15) is 5.60 Å². The third-order valence-electron chi connectivity index (χ3n) is 3.35. The SMILES string of the molecule is CC(C)(C)OC(=O)NCCC#Cc1ccccc1C(=O)c1ccccc1. The van der Waals surface area contributed by atoms with E-state index in [2.05, 4.69) is 17.2 Å². The average molecular weight is 349 g/mol. The van der Waals surface area contributed by atoms with Crippen molar-refractivity contribution in [2.75, 3.05) is 6.54 Å². The van der Waals surface area contributed by atoms with E-state index >= 15 is 0 Å². The highest BCUT2D eigenvalue weighted by molar-refractivity contribution is 6.10. The summed E-state index contributed by atoms with van der Waals surface area (Å²) in [6, 6.07) is 16.4. The minimum Gasteiger partial charge on any atom is -0.444 e. The zero-order chi connectivity index (χ0) is 19.0. The minimum atomic E-state index is -0.521. The van der Waals surface area contributed by atoms with Gasteiger partial charge in [0.05, 0.1) is 0 Å². The molecule has 0 saturated heterocycles. The smallest absolute Gasteiger partial charge is 0.407 e. The maximum absolute atomic E-state index is 12.6. The van der Waals surface area contributed by atoms with E-state index in [1.807, 2.05) is 57.2 Å². The first-order valence-electron chi connectivity index (χ1n) is 8.51. The highest BCUT2D eigenvalue weighted by atomic mass is 16.6. The van der Waals surface area contributed by atoms with E-state index < -0.39 is 11.7 Å². The van der Waals surface area contributed by atoms with Crippen LogP contribution in [0.4, 0.5) is 4.79 Å². The summed E-state index contributed by atoms with van der Waals surface area (Å²) >= 11 is 0. The summed E-state index contributed by atoms with van der Waals surface area (Å²) in [4.78, 5) is 24.2. The van der Waals surface area contributed by atoms with E-state index in [-0.39, 0.29) is 5.78 Å². The van der Waals surface area contributed by atoms with Gasteiger partial charge in [0, 0.05) is 29.7 Å². The molecule has 0 aliphatic rings. The van der Waals surface area contributed by atoms with Gasteiger partial charge in [0.2, 0.25) is 0 Å². The fourth-order valence-corrected chi connectivity index (χ4v) is 2.23. The second-order valence-corrected chi connectivity index (χ2v) is 6.72. The Kier molecular flexibility index (Phi) is 6.57. The standard InChI is InChI=1S/C22H23NO3/c1-22(2,3)26-21(25)23-16-10-9-12-17-11-7-8-15-19(17)20(24)18-13-5-4-6-14-18/h4-8,11,13-15H,10,16H2,1-3H3,(H,23,25). The van der Waals surface area contributed by atoms with Crippen LogP contribution in [-0.4, -0.2) is 24.0 Å². The summed E-state index contributed by atoms with van der Waals surface area (Å²) in [6.07, 6.45) is 0.00608. The summed E-state index contributed by atoms with van der Waals surface area (Å²) < 4.78 is 5.16. The second kappa shape index (κ2) is 8.87. The Morgan fingerprint density at radius 3 is 2.35 bits per heavy atom. The van der Waals surface area contributed by atoms with Crippen LogP contribution in [0.1, 0.15) is 48.7 Å². The molecule has 4 nitrogen and oxygen atoms in total. The van der Waals surface area contributed by atoms with Crippen LogP contribution in [0.25, 0.3) is 0 Å². The van der Waals surface area contributed by atoms with Gasteiger partial charge in [0.15, 0.2) is 5.78 Å². The van der Waals surface area contributed by atoms with Gasteiger partial charge in [0.25, 0.3) is 0 Å². The molecule has 26 heavy (non-hydrogen) atoms. The molecule has 0 heterocycles. The molecular weight excluding hydrogens is 326 g/mol. The Hall–Kier alpha value is -3.06. The van der Waals surface area contributed by atoms with Crippen LogP contribution in [0.2, 0.25) is 0 Å². The van der Waals surface area contributed by atoms with Crippen LogP contribution in [0.5, 0.6) is 0 Å². The van der Waals surface area contributed by atoms with Crippen molar-refractivity contribution >= 4 is 11.9 Å². The van der Waals surface area contributed by atoms with E-state index in [9.17, 15) is 9.59 Å². The van der Waals surface area contributed by atoms with Gasteiger partial charge >= 0.3 is 6.09 Å². The first-order valence-corrected chi connectivity index (χ1v) is 8.51. The largest absolute Gasteiger partial charge is 0.444 e. The molecule has 134 valence electrons. The summed E-state index contributed by atoms with van der Waals surface area (Å²) in [5.41, 5.74) is 1.37. The van der Waals surface area contributed by atoms with Crippen molar-refractivity contribution in [2.45, 2.75) is 32.8 Å². The van der Waals surface area contributed by atoms with E-state index in [4.69, 9.17) is 4.74 Å². The third kappa shape index (κ3) is 6.10. The molecule has 0 saturated carbocycles. The lowest BCUT2D eigenvalue weighted by atomic mass is 9.98. The van der Waals surface area contributed by atoms with Crippen LogP contribution < -0.4 is 5.32 Å². The third-order valence-corrected chi connectivity index (χ3v) is 3.35. The number of nitrogens with one attached hydrogen (secondary N) is 1. The van der Waals surface area contributed by atoms with Crippen LogP contribution in [-0.2, 0) is 4.74 Å². The Labute approximate surface area is 154 Å². The second-order valence-electron chi connectivity index (χ2n) is 6.72. The molecule has 0 aromatic heterocycles. The fraction of sp³-hybridized carbons (Fsp3) is 0.273. The van der Waals surface area contributed by atoms with Crippen molar-refractivity contribution in [1.82, 2.24) is 5.32 Å². The topological polar surface area (TPSA) is 55.4 Å². The predicted octanol–water partition coefficient (Wildman–Crippen LogP) is 4.18. The molecular formula is C22H23NO3. The quantitative estimate of drug-likeness (QED) is 0.512. The number of carbonyl (C=O) groups is 2. The van der Waals surface area contributed by atoms with Crippen molar-refractivity contribution in [3.8, 4) is 11.8 Å². The Bertz CT molecular complexity index is 824. The monoisotopic (exact) mass is 349 g/mol. The zero-order valence-corrected chi connectivity index (χ0v) is 15.3. The molecule has 1 amide bonds. The maximum atomic E-state index is 12.6. The summed E-state index contributed by atoms with van der Waals surface area (Å²) in [6.45, 7) is 5.82. The van der Waals surface area contributed by atoms with Gasteiger partial charge < -0.3 is 10.1 Å². The highest BCUT2D eigenvalue weighted by Crippen LogP contribution is 2.14. The Balaban J connectivity index is 1.98. The number of ether oxygens (including phenoxy) is 1. The number of rotatable bonds is 4. The van der Waals surface area contributed by atoms with Gasteiger partial charge in [-0.05, 0) is 32.9 Å². The summed E-state index contributed by atoms with van der Waals surface area (Å²) in [7, 11) is 0. The number of ketones is 1. The molecule has 0 aliphatic carbocycles. The summed E-state index contributed by atoms with van der Waals surface area (Å²) in [5, 5.41) is 2.66. The van der Waals surface area contributed by atoms with E-state index in [0.29, 0.717) is 29.7 Å². The highest BCUT2D eigenvalue weighted by Gasteiger charge is 2.15. The predicted molar refractivity (Wildman–Crippen MR) is 102 cm³/mol. The molecule has 2 rings (SSSR count). The lowest BCUT2D eigenvalue weighted by Crippen LogP contribution is -2.32. The average Bonchev–Trinajstić information content (AvgIpc) is 2.60. The number of amides is 1. The number of hydrogen-bond donors (Lipinski definition) is 1. The maximum Gasteiger partial charge on any atom is 0.407 e. The summed E-state index contributed by atoms with van der Waals surface area (Å²) in [5.74, 6) is 5.96. The van der Waals surface area contributed by atoms with Crippen LogP contribution in [0.15, 0.2) is 54.6 Å². The lowest BCUT2D eigenvalue weighted by molar-refractivity contribution is 0.0529. The van der Waals surface area contributed by atoms with Gasteiger partial charge in [-0.3, -0.25) is 4.79 Å². The zero-order valence-electron chi connectivity index (χ0n) is 15.3. The Morgan fingerprint density at radius 1 is 1.00 bits per heavy atom. The molecule has 2 aromatic carbocycles. The van der Waals surface area contributed by atoms with Crippen LogP contribution >= 0.6 is 0 Å². The molecule has 0 unspecified atom stereocenters. The van der Waals surface area contributed by atoms with Gasteiger partial charge in [-0.25, -0.2) is 4.79 Å². The van der Waals surface area contributed by atoms with Crippen LogP contribution in [0, 0.1) is 11.8 Å². The van der Waals surface area contributed by atoms with Gasteiger partial charge in [-0.15, -0.1) is 0 Å². The van der Waals surface area contributed by atoms with Crippen molar-refractivity contribution in [1.29, 1.82) is 0 Å². The molecule has 0 radical (unpaired) electrons. The molecule has 0 spiro atoms. The minimum absolute atomic E-state index is 0.0534. The first-order chi connectivity index (χ1) is 12.4. The van der Waals surface area contributed by atoms with Gasteiger partial charge in [-0.2, -0.15) is 0 Å². The number of hydrogen-bond acceptors (Lipinski definition) is 3. The molecule has 0 fully saturated rings. The van der Waals surface area contributed by atoms with Crippen molar-refractivity contribution in [2.24, 2.45) is 0 Å². The number of benzene rings is 2. The molecule has 0 aliphatic heterocycles. The number of carbonyl (C=O) groups excluding carboxylic acids is 2. The fourth-order valence-electron chi connectivity index (χ4n) is 2.23. The molecule has 0 atom stereocenters. The van der Waals surface area contributed by atoms with Gasteiger partial charge in [-0.1, -0.05) is 54.3 Å². The van der Waals surface area contributed by atoms with E-state index in [1.54, 1.807) is 18.2 Å². The molecule has 0 bridgehead atoms. The van der Waals surface area contributed by atoms with Crippen molar-refractivity contribution < 1.29 is 14.3 Å². The van der Waals surface area contributed by atoms with E-state index in [1.165, 1.54) is 0 Å². The normalized spacial score (nSPS) is 10.4. The first kappa shape index (κ1) is 19.3. The van der Waals surface area contributed by atoms with Crippen molar-refractivity contribution in [3.63, 3.8) is 0 Å². The van der Waals surface area contributed by atoms with E-state index in [0.717, 1.165) is 0 Å². The molecule has 4 heteroatoms. The molecule has 1 N–H and O–H groups in total. The van der Waals surface area contributed by atoms with Crippen molar-refractivity contribution in [3.05, 3.63) is 71.3 Å². The molecule has 2 aromatic rings. The number of alkyl carbamates (subject to hydrolysis) is 1. The Morgan fingerprint density at radius 2 is 1.65 bits per heavy atom. The van der Waals surface area contributed by atoms with Crippen LogP contribution in [0.3, 0.4) is 0 Å².